The lowest BCUT2D eigenvalue weighted by atomic mass is 9.99. The highest BCUT2D eigenvalue weighted by Crippen LogP contribution is 2.32. The number of anilines is 1. The molecule has 3 aromatic carbocycles. The lowest BCUT2D eigenvalue weighted by molar-refractivity contribution is -0.137. The van der Waals surface area contributed by atoms with Gasteiger partial charge >= 0.3 is 6.18 Å². The van der Waals surface area contributed by atoms with E-state index in [0.29, 0.717) is 45.5 Å². The van der Waals surface area contributed by atoms with Crippen molar-refractivity contribution in [2.45, 2.75) is 44.4 Å². The van der Waals surface area contributed by atoms with E-state index in [1.54, 1.807) is 24.3 Å². The number of nitrogens with one attached hydrogen (secondary N) is 1. The minimum absolute atomic E-state index is 0.0896. The Labute approximate surface area is 246 Å². The molecule has 2 fully saturated rings. The number of benzene rings is 3. The lowest BCUT2D eigenvalue weighted by Crippen LogP contribution is -2.42. The van der Waals surface area contributed by atoms with Gasteiger partial charge in [0.1, 0.15) is 5.82 Å². The maximum Gasteiger partial charge on any atom is 0.416 e. The summed E-state index contributed by atoms with van der Waals surface area (Å²) in [5.74, 6) is -1.62. The van der Waals surface area contributed by atoms with Crippen molar-refractivity contribution in [2.24, 2.45) is 0 Å². The van der Waals surface area contributed by atoms with Crippen molar-refractivity contribution < 1.29 is 26.7 Å². The van der Waals surface area contributed by atoms with E-state index in [4.69, 9.17) is 0 Å². The maximum absolute atomic E-state index is 14.2. The molecule has 6 rings (SSSR count). The van der Waals surface area contributed by atoms with Crippen LogP contribution in [0.25, 0.3) is 22.0 Å². The van der Waals surface area contributed by atoms with Crippen molar-refractivity contribution in [3.63, 3.8) is 0 Å². The molecular formula is C33H31F5N4O. The number of rotatable bonds is 7. The number of likely N-dealkylation sites (tertiary alicyclic amines) is 2. The summed E-state index contributed by atoms with van der Waals surface area (Å²) < 4.78 is 66.6. The zero-order chi connectivity index (χ0) is 30.1. The van der Waals surface area contributed by atoms with Crippen molar-refractivity contribution in [1.82, 2.24) is 14.8 Å². The van der Waals surface area contributed by atoms with Gasteiger partial charge in [0, 0.05) is 31.1 Å². The number of nitrogens with zero attached hydrogens (tertiary/aromatic N) is 3. The number of amides is 1. The summed E-state index contributed by atoms with van der Waals surface area (Å²) in [4.78, 5) is 23.2. The smallest absolute Gasteiger partial charge is 0.366 e. The molecule has 2 saturated heterocycles. The van der Waals surface area contributed by atoms with Gasteiger partial charge in [-0.3, -0.25) is 4.79 Å². The van der Waals surface area contributed by atoms with Gasteiger partial charge in [0.2, 0.25) is 0 Å². The molecule has 1 aromatic heterocycles. The molecule has 1 amide bonds. The first-order valence-electron chi connectivity index (χ1n) is 14.5. The number of fused-ring (bicyclic) bond motifs is 1. The highest BCUT2D eigenvalue weighted by Gasteiger charge is 2.33. The predicted octanol–water partition coefficient (Wildman–Crippen LogP) is 7.51. The normalized spacial score (nSPS) is 17.6. The third kappa shape index (κ3) is 6.34. The van der Waals surface area contributed by atoms with Crippen molar-refractivity contribution >= 4 is 22.6 Å². The summed E-state index contributed by atoms with van der Waals surface area (Å²) in [6.07, 6.45) is -0.259. The van der Waals surface area contributed by atoms with Crippen molar-refractivity contribution in [2.75, 3.05) is 31.5 Å². The van der Waals surface area contributed by atoms with E-state index in [0.717, 1.165) is 69.6 Å². The standard InChI is InChI=1S/C33H31F5N4O/c34-28-11-7-23(17-29(28)35)22-8-12-30-26(16-22)27(32(43)42-15-3-4-25(42)20-41-13-1-2-14-41)18-31(40-30)39-19-21-5-9-24(10-6-21)33(36,37)38/h5-12,16-18,25H,1-4,13-15,19-20H2,(H,39,40)/t25-/m0/s1. The van der Waals surface area contributed by atoms with Crippen LogP contribution in [0.1, 0.15) is 47.2 Å². The monoisotopic (exact) mass is 594 g/mol. The summed E-state index contributed by atoms with van der Waals surface area (Å²) in [7, 11) is 0. The number of aromatic nitrogens is 1. The third-order valence-electron chi connectivity index (χ3n) is 8.35. The average molecular weight is 595 g/mol. The number of hydrogen-bond acceptors (Lipinski definition) is 4. The summed E-state index contributed by atoms with van der Waals surface area (Å²) in [5, 5.41) is 3.75. The lowest BCUT2D eigenvalue weighted by Gasteiger charge is -2.29. The molecule has 0 radical (unpaired) electrons. The zero-order valence-corrected chi connectivity index (χ0v) is 23.4. The van der Waals surface area contributed by atoms with Crippen LogP contribution < -0.4 is 5.32 Å². The predicted molar refractivity (Wildman–Crippen MR) is 156 cm³/mol. The van der Waals surface area contributed by atoms with Crippen LogP contribution in [0.4, 0.5) is 27.8 Å². The molecular weight excluding hydrogens is 563 g/mol. The van der Waals surface area contributed by atoms with Crippen LogP contribution in [-0.2, 0) is 12.7 Å². The molecule has 0 bridgehead atoms. The Balaban J connectivity index is 1.34. The molecule has 0 unspecified atom stereocenters. The molecule has 2 aliphatic rings. The highest BCUT2D eigenvalue weighted by atomic mass is 19.4. The molecule has 0 aliphatic carbocycles. The summed E-state index contributed by atoms with van der Waals surface area (Å²) in [6, 6.07) is 15.6. The summed E-state index contributed by atoms with van der Waals surface area (Å²) >= 11 is 0. The second-order valence-corrected chi connectivity index (χ2v) is 11.3. The summed E-state index contributed by atoms with van der Waals surface area (Å²) in [5.41, 5.74) is 1.94. The van der Waals surface area contributed by atoms with E-state index in [2.05, 4.69) is 15.2 Å². The minimum atomic E-state index is -4.41. The molecule has 224 valence electrons. The van der Waals surface area contributed by atoms with Crippen molar-refractivity contribution in [1.29, 1.82) is 0 Å². The van der Waals surface area contributed by atoms with E-state index < -0.39 is 23.4 Å². The Kier molecular flexibility index (Phi) is 8.05. The zero-order valence-electron chi connectivity index (χ0n) is 23.4. The second kappa shape index (κ2) is 11.9. The van der Waals surface area contributed by atoms with Gasteiger partial charge in [-0.1, -0.05) is 24.3 Å². The number of carbonyl (C=O) groups excluding carboxylic acids is 1. The molecule has 5 nitrogen and oxygen atoms in total. The van der Waals surface area contributed by atoms with E-state index in [1.807, 2.05) is 4.90 Å². The van der Waals surface area contributed by atoms with Gasteiger partial charge in [0.05, 0.1) is 16.6 Å². The number of halogens is 5. The molecule has 1 atom stereocenters. The number of pyridine rings is 1. The molecule has 1 N–H and O–H groups in total. The fraction of sp³-hybridized carbons (Fsp3) is 0.333. The Morgan fingerprint density at radius 3 is 2.30 bits per heavy atom. The van der Waals surface area contributed by atoms with Gasteiger partial charge < -0.3 is 15.1 Å². The Morgan fingerprint density at radius 2 is 1.58 bits per heavy atom. The van der Waals surface area contributed by atoms with Crippen LogP contribution in [0.5, 0.6) is 0 Å². The first-order valence-corrected chi connectivity index (χ1v) is 14.5. The molecule has 4 aromatic rings. The molecule has 10 heteroatoms. The van der Waals surface area contributed by atoms with Crippen LogP contribution in [0.2, 0.25) is 0 Å². The third-order valence-corrected chi connectivity index (χ3v) is 8.35. The topological polar surface area (TPSA) is 48.5 Å². The van der Waals surface area contributed by atoms with Gasteiger partial charge in [0.25, 0.3) is 5.91 Å². The maximum atomic E-state index is 14.2. The van der Waals surface area contributed by atoms with Gasteiger partial charge in [-0.25, -0.2) is 13.8 Å². The van der Waals surface area contributed by atoms with Gasteiger partial charge in [-0.2, -0.15) is 13.2 Å². The molecule has 0 spiro atoms. The van der Waals surface area contributed by atoms with Gasteiger partial charge in [-0.05, 0) is 97.9 Å². The van der Waals surface area contributed by atoms with E-state index in [9.17, 15) is 26.7 Å². The van der Waals surface area contributed by atoms with E-state index >= 15 is 0 Å². The second-order valence-electron chi connectivity index (χ2n) is 11.3. The SMILES string of the molecule is O=C(c1cc(NCc2ccc(C(F)(F)F)cc2)nc2ccc(-c3ccc(F)c(F)c3)cc12)N1CCC[C@H]1CN1CCCC1. The number of hydrogen-bond donors (Lipinski definition) is 1. The Morgan fingerprint density at radius 1 is 0.860 bits per heavy atom. The fourth-order valence-corrected chi connectivity index (χ4v) is 6.06. The van der Waals surface area contributed by atoms with Crippen molar-refractivity contribution in [3.05, 3.63) is 95.1 Å². The molecule has 3 heterocycles. The average Bonchev–Trinajstić information content (AvgIpc) is 3.69. The van der Waals surface area contributed by atoms with E-state index in [1.165, 1.54) is 18.2 Å². The molecule has 43 heavy (non-hydrogen) atoms. The van der Waals surface area contributed by atoms with Crippen LogP contribution in [-0.4, -0.2) is 52.9 Å². The highest BCUT2D eigenvalue weighted by molar-refractivity contribution is 6.08. The van der Waals surface area contributed by atoms with Crippen LogP contribution in [0.15, 0.2) is 66.7 Å². The fourth-order valence-electron chi connectivity index (χ4n) is 6.06. The Hall–Kier alpha value is -4.05. The number of carbonyl (C=O) groups is 1. The summed E-state index contributed by atoms with van der Waals surface area (Å²) in [6.45, 7) is 3.74. The molecule has 0 saturated carbocycles. The quantitative estimate of drug-likeness (QED) is 0.225. The molecule has 2 aliphatic heterocycles. The minimum Gasteiger partial charge on any atom is -0.366 e. The van der Waals surface area contributed by atoms with Crippen LogP contribution in [0.3, 0.4) is 0 Å². The first kappa shape index (κ1) is 29.0. The van der Waals surface area contributed by atoms with E-state index in [-0.39, 0.29) is 18.5 Å². The van der Waals surface area contributed by atoms with Crippen LogP contribution in [0, 0.1) is 11.6 Å². The van der Waals surface area contributed by atoms with Gasteiger partial charge in [0.15, 0.2) is 11.6 Å². The van der Waals surface area contributed by atoms with Gasteiger partial charge in [-0.15, -0.1) is 0 Å². The largest absolute Gasteiger partial charge is 0.416 e. The Bertz CT molecular complexity index is 1630. The number of alkyl halides is 3. The first-order chi connectivity index (χ1) is 20.7. The van der Waals surface area contributed by atoms with Crippen molar-refractivity contribution in [3.8, 4) is 11.1 Å². The van der Waals surface area contributed by atoms with Crippen LogP contribution >= 0.6 is 0 Å².